The smallest absolute Gasteiger partial charge is 0.166 e. The molecule has 0 bridgehead atoms. The molecule has 3 aromatic rings. The minimum atomic E-state index is 0.740. The van der Waals surface area contributed by atoms with Gasteiger partial charge in [0.15, 0.2) is 5.82 Å². The predicted octanol–water partition coefficient (Wildman–Crippen LogP) is 3.45. The maximum Gasteiger partial charge on any atom is 0.166 e. The number of aryl methyl sites for hydroxylation is 3. The molecular weight excluding hydrogens is 238 g/mol. The van der Waals surface area contributed by atoms with Gasteiger partial charge in [-0.05, 0) is 31.9 Å². The van der Waals surface area contributed by atoms with E-state index in [1.165, 1.54) is 16.7 Å². The zero-order valence-corrected chi connectivity index (χ0v) is 11.2. The third kappa shape index (κ3) is 1.95. The minimum Gasteiger partial charge on any atom is -0.364 e. The summed E-state index contributed by atoms with van der Waals surface area (Å²) >= 11 is 0. The molecule has 2 aromatic heterocycles. The van der Waals surface area contributed by atoms with Crippen LogP contribution < -0.4 is 0 Å². The first-order chi connectivity index (χ1) is 9.16. The van der Waals surface area contributed by atoms with Crippen molar-refractivity contribution >= 4 is 0 Å². The van der Waals surface area contributed by atoms with Crippen molar-refractivity contribution in [2.75, 3.05) is 0 Å². The van der Waals surface area contributed by atoms with Crippen LogP contribution in [0.15, 0.2) is 41.4 Å². The Hall–Kier alpha value is -2.36. The Morgan fingerprint density at radius 3 is 2.47 bits per heavy atom. The van der Waals surface area contributed by atoms with Crippen LogP contribution in [0.1, 0.15) is 16.7 Å². The molecule has 0 amide bonds. The second-order valence-corrected chi connectivity index (χ2v) is 4.75. The van der Waals surface area contributed by atoms with E-state index in [2.05, 4.69) is 47.6 Å². The van der Waals surface area contributed by atoms with Crippen molar-refractivity contribution in [2.24, 2.45) is 0 Å². The summed E-state index contributed by atoms with van der Waals surface area (Å²) in [7, 11) is 0. The largest absolute Gasteiger partial charge is 0.364 e. The first-order valence-electron chi connectivity index (χ1n) is 6.19. The lowest BCUT2D eigenvalue weighted by molar-refractivity contribution is 0.421. The molecular formula is C15H15N3O. The van der Waals surface area contributed by atoms with Crippen LogP contribution in [0.25, 0.3) is 17.2 Å². The molecule has 0 unspecified atom stereocenters. The van der Waals surface area contributed by atoms with Gasteiger partial charge in [0.1, 0.15) is 12.0 Å². The van der Waals surface area contributed by atoms with Crippen molar-refractivity contribution < 1.29 is 4.52 Å². The van der Waals surface area contributed by atoms with Crippen molar-refractivity contribution in [1.29, 1.82) is 0 Å². The molecule has 3 rings (SSSR count). The number of rotatable bonds is 2. The SMILES string of the molecule is Cc1cc(C)c(-n2ccnc2-c2ccon2)c(C)c1. The summed E-state index contributed by atoms with van der Waals surface area (Å²) in [5.41, 5.74) is 5.60. The fourth-order valence-electron chi connectivity index (χ4n) is 2.55. The molecule has 0 saturated heterocycles. The lowest BCUT2D eigenvalue weighted by Gasteiger charge is -2.14. The molecule has 0 aliphatic carbocycles. The zero-order valence-electron chi connectivity index (χ0n) is 11.2. The second kappa shape index (κ2) is 4.39. The topological polar surface area (TPSA) is 43.9 Å². The third-order valence-electron chi connectivity index (χ3n) is 3.18. The van der Waals surface area contributed by atoms with Gasteiger partial charge >= 0.3 is 0 Å². The Labute approximate surface area is 111 Å². The lowest BCUT2D eigenvalue weighted by Crippen LogP contribution is -2.02. The minimum absolute atomic E-state index is 0.740. The quantitative estimate of drug-likeness (QED) is 0.702. The van der Waals surface area contributed by atoms with E-state index >= 15 is 0 Å². The molecule has 96 valence electrons. The Kier molecular flexibility index (Phi) is 2.71. The normalized spacial score (nSPS) is 10.9. The fraction of sp³-hybridized carbons (Fsp3) is 0.200. The van der Waals surface area contributed by atoms with Crippen molar-refractivity contribution in [2.45, 2.75) is 20.8 Å². The van der Waals surface area contributed by atoms with Crippen molar-refractivity contribution in [1.82, 2.24) is 14.7 Å². The van der Waals surface area contributed by atoms with Crippen LogP contribution in [0.5, 0.6) is 0 Å². The van der Waals surface area contributed by atoms with Gasteiger partial charge in [-0.3, -0.25) is 4.57 Å². The van der Waals surface area contributed by atoms with Gasteiger partial charge in [0, 0.05) is 18.5 Å². The van der Waals surface area contributed by atoms with Gasteiger partial charge in [-0.25, -0.2) is 4.98 Å². The molecule has 0 aliphatic rings. The Morgan fingerprint density at radius 1 is 1.11 bits per heavy atom. The van der Waals surface area contributed by atoms with E-state index in [0.717, 1.165) is 17.2 Å². The maximum atomic E-state index is 4.91. The van der Waals surface area contributed by atoms with Crippen LogP contribution in [0, 0.1) is 20.8 Å². The standard InChI is InChI=1S/C15H15N3O/c1-10-8-11(2)14(12(3)9-10)18-6-5-16-15(18)13-4-7-19-17-13/h4-9H,1-3H3. The number of hydrogen-bond donors (Lipinski definition) is 0. The van der Waals surface area contributed by atoms with E-state index in [1.54, 1.807) is 12.5 Å². The highest BCUT2D eigenvalue weighted by atomic mass is 16.5. The summed E-state index contributed by atoms with van der Waals surface area (Å²) in [6, 6.07) is 6.17. The second-order valence-electron chi connectivity index (χ2n) is 4.75. The zero-order chi connectivity index (χ0) is 13.4. The molecule has 0 atom stereocenters. The van der Waals surface area contributed by atoms with Crippen molar-refractivity contribution in [3.8, 4) is 17.2 Å². The summed E-state index contributed by atoms with van der Waals surface area (Å²) in [6.45, 7) is 6.33. The number of imidazole rings is 1. The van der Waals surface area contributed by atoms with Crippen LogP contribution >= 0.6 is 0 Å². The molecule has 0 N–H and O–H groups in total. The van der Waals surface area contributed by atoms with Gasteiger partial charge in [-0.1, -0.05) is 22.9 Å². The fourth-order valence-corrected chi connectivity index (χ4v) is 2.55. The number of aromatic nitrogens is 3. The molecule has 0 spiro atoms. The monoisotopic (exact) mass is 253 g/mol. The van der Waals surface area contributed by atoms with E-state index in [4.69, 9.17) is 4.52 Å². The summed E-state index contributed by atoms with van der Waals surface area (Å²) in [6.07, 6.45) is 5.29. The van der Waals surface area contributed by atoms with E-state index in [9.17, 15) is 0 Å². The Bertz CT molecular complexity index is 688. The van der Waals surface area contributed by atoms with Crippen molar-refractivity contribution in [3.63, 3.8) is 0 Å². The van der Waals surface area contributed by atoms with Crippen LogP contribution in [-0.2, 0) is 0 Å². The predicted molar refractivity (Wildman–Crippen MR) is 73.3 cm³/mol. The molecule has 4 heteroatoms. The molecule has 0 aliphatic heterocycles. The summed E-state index contributed by atoms with van der Waals surface area (Å²) in [5, 5.41) is 3.96. The van der Waals surface area contributed by atoms with Gasteiger partial charge in [0.2, 0.25) is 0 Å². The Balaban J connectivity index is 2.22. The van der Waals surface area contributed by atoms with Gasteiger partial charge in [0.05, 0.1) is 5.69 Å². The molecule has 0 saturated carbocycles. The highest BCUT2D eigenvalue weighted by molar-refractivity contribution is 5.58. The van der Waals surface area contributed by atoms with E-state index in [1.807, 2.05) is 12.3 Å². The Morgan fingerprint density at radius 2 is 1.84 bits per heavy atom. The number of benzene rings is 1. The van der Waals surface area contributed by atoms with E-state index in [-0.39, 0.29) is 0 Å². The van der Waals surface area contributed by atoms with Crippen LogP contribution in [0.2, 0.25) is 0 Å². The number of hydrogen-bond acceptors (Lipinski definition) is 3. The average molecular weight is 253 g/mol. The molecule has 1 aromatic carbocycles. The molecule has 0 fully saturated rings. The van der Waals surface area contributed by atoms with Crippen LogP contribution in [-0.4, -0.2) is 14.7 Å². The van der Waals surface area contributed by atoms with Crippen LogP contribution in [0.4, 0.5) is 0 Å². The van der Waals surface area contributed by atoms with Gasteiger partial charge in [0.25, 0.3) is 0 Å². The first-order valence-corrected chi connectivity index (χ1v) is 6.19. The highest BCUT2D eigenvalue weighted by Gasteiger charge is 2.13. The van der Waals surface area contributed by atoms with Crippen molar-refractivity contribution in [3.05, 3.63) is 53.5 Å². The average Bonchev–Trinajstić information content (AvgIpc) is 2.96. The summed E-state index contributed by atoms with van der Waals surface area (Å²) in [5.74, 6) is 0.795. The van der Waals surface area contributed by atoms with E-state index in [0.29, 0.717) is 0 Å². The summed E-state index contributed by atoms with van der Waals surface area (Å²) in [4.78, 5) is 4.38. The van der Waals surface area contributed by atoms with Gasteiger partial charge in [-0.2, -0.15) is 0 Å². The maximum absolute atomic E-state index is 4.91. The third-order valence-corrected chi connectivity index (χ3v) is 3.18. The summed E-state index contributed by atoms with van der Waals surface area (Å²) < 4.78 is 6.96. The van der Waals surface area contributed by atoms with Gasteiger partial charge in [-0.15, -0.1) is 0 Å². The molecule has 0 radical (unpaired) electrons. The van der Waals surface area contributed by atoms with Crippen LogP contribution in [0.3, 0.4) is 0 Å². The van der Waals surface area contributed by atoms with E-state index < -0.39 is 0 Å². The molecule has 2 heterocycles. The van der Waals surface area contributed by atoms with Gasteiger partial charge < -0.3 is 4.52 Å². The number of nitrogens with zero attached hydrogens (tertiary/aromatic N) is 3. The molecule has 19 heavy (non-hydrogen) atoms. The highest BCUT2D eigenvalue weighted by Crippen LogP contribution is 2.25. The molecule has 4 nitrogen and oxygen atoms in total. The lowest BCUT2D eigenvalue weighted by atomic mass is 10.0. The first kappa shape index (κ1) is 11.7.